The molecule has 2 aromatic carbocycles. The number of carbonyl (C=O) groups is 2. The standard InChI is InChI=1S/C22H24N4O5S2/c1-31-18-9-5-8-17(14-18)21(28)23-12-10-20-25-26-22(32-20)24-19(27)11-13-33(29,30)15-16-6-3-2-4-7-16/h2-9,14H,10-13,15H2,1H3,(H,23,28)(H,24,26,27). The van der Waals surface area contributed by atoms with Gasteiger partial charge in [-0.3, -0.25) is 9.59 Å². The fourth-order valence-corrected chi connectivity index (χ4v) is 4.98. The molecule has 174 valence electrons. The molecule has 0 fully saturated rings. The van der Waals surface area contributed by atoms with E-state index in [9.17, 15) is 18.0 Å². The van der Waals surface area contributed by atoms with Crippen LogP contribution < -0.4 is 15.4 Å². The largest absolute Gasteiger partial charge is 0.497 e. The third kappa shape index (κ3) is 7.95. The molecule has 3 rings (SSSR count). The summed E-state index contributed by atoms with van der Waals surface area (Å²) in [4.78, 5) is 24.3. The van der Waals surface area contributed by atoms with Crippen LogP contribution in [0.15, 0.2) is 54.6 Å². The minimum Gasteiger partial charge on any atom is -0.497 e. The van der Waals surface area contributed by atoms with Gasteiger partial charge in [0.25, 0.3) is 5.91 Å². The Balaban J connectivity index is 1.41. The van der Waals surface area contributed by atoms with Crippen molar-refractivity contribution in [1.29, 1.82) is 0 Å². The van der Waals surface area contributed by atoms with Crippen LogP contribution in [0.4, 0.5) is 5.13 Å². The van der Waals surface area contributed by atoms with E-state index in [0.29, 0.717) is 34.8 Å². The summed E-state index contributed by atoms with van der Waals surface area (Å²) in [7, 11) is -1.87. The smallest absolute Gasteiger partial charge is 0.251 e. The molecule has 1 aromatic heterocycles. The number of methoxy groups -OCH3 is 1. The summed E-state index contributed by atoms with van der Waals surface area (Å²) in [5.41, 5.74) is 1.17. The van der Waals surface area contributed by atoms with Crippen LogP contribution in [-0.4, -0.2) is 49.8 Å². The monoisotopic (exact) mass is 488 g/mol. The molecule has 0 unspecified atom stereocenters. The first-order valence-electron chi connectivity index (χ1n) is 10.1. The van der Waals surface area contributed by atoms with Crippen LogP contribution in [0.5, 0.6) is 5.75 Å². The number of sulfone groups is 1. The Morgan fingerprint density at radius 1 is 1.06 bits per heavy atom. The molecule has 0 radical (unpaired) electrons. The number of amides is 2. The lowest BCUT2D eigenvalue weighted by molar-refractivity contribution is -0.115. The summed E-state index contributed by atoms with van der Waals surface area (Å²) in [6, 6.07) is 15.7. The van der Waals surface area contributed by atoms with E-state index < -0.39 is 15.7 Å². The number of rotatable bonds is 11. The van der Waals surface area contributed by atoms with Gasteiger partial charge in [0.1, 0.15) is 10.8 Å². The lowest BCUT2D eigenvalue weighted by atomic mass is 10.2. The van der Waals surface area contributed by atoms with Gasteiger partial charge >= 0.3 is 0 Å². The van der Waals surface area contributed by atoms with Gasteiger partial charge in [0.05, 0.1) is 18.6 Å². The van der Waals surface area contributed by atoms with Crippen molar-refractivity contribution in [3.05, 3.63) is 70.7 Å². The highest BCUT2D eigenvalue weighted by molar-refractivity contribution is 7.90. The van der Waals surface area contributed by atoms with E-state index in [1.54, 1.807) is 48.5 Å². The van der Waals surface area contributed by atoms with Crippen LogP contribution in [0.1, 0.15) is 27.3 Å². The Bertz CT molecular complexity index is 1200. The SMILES string of the molecule is COc1cccc(C(=O)NCCc2nnc(NC(=O)CCS(=O)(=O)Cc3ccccc3)s2)c1. The van der Waals surface area contributed by atoms with Crippen LogP contribution in [-0.2, 0) is 26.8 Å². The van der Waals surface area contributed by atoms with Gasteiger partial charge in [0.2, 0.25) is 11.0 Å². The molecule has 0 aliphatic heterocycles. The highest BCUT2D eigenvalue weighted by Crippen LogP contribution is 2.16. The fourth-order valence-electron chi connectivity index (χ4n) is 2.88. The number of hydrogen-bond donors (Lipinski definition) is 2. The zero-order valence-electron chi connectivity index (χ0n) is 18.0. The van der Waals surface area contributed by atoms with E-state index in [-0.39, 0.29) is 29.0 Å². The van der Waals surface area contributed by atoms with Crippen molar-refractivity contribution in [2.45, 2.75) is 18.6 Å². The predicted octanol–water partition coefficient (Wildman–Crippen LogP) is 2.46. The van der Waals surface area contributed by atoms with Crippen molar-refractivity contribution in [2.24, 2.45) is 0 Å². The molecule has 9 nitrogen and oxygen atoms in total. The van der Waals surface area contributed by atoms with Gasteiger partial charge in [-0.2, -0.15) is 0 Å². The first kappa shape index (κ1) is 24.3. The van der Waals surface area contributed by atoms with Crippen molar-refractivity contribution >= 4 is 38.1 Å². The predicted molar refractivity (Wildman–Crippen MR) is 126 cm³/mol. The molecule has 0 aliphatic rings. The van der Waals surface area contributed by atoms with Gasteiger partial charge in [0, 0.05) is 24.9 Å². The number of ether oxygens (including phenoxy) is 1. The van der Waals surface area contributed by atoms with E-state index >= 15 is 0 Å². The van der Waals surface area contributed by atoms with Crippen molar-refractivity contribution in [2.75, 3.05) is 24.7 Å². The maximum atomic E-state index is 12.2. The average molecular weight is 489 g/mol. The summed E-state index contributed by atoms with van der Waals surface area (Å²) in [6.07, 6.45) is 0.273. The molecule has 0 bridgehead atoms. The summed E-state index contributed by atoms with van der Waals surface area (Å²) in [5.74, 6) is -0.439. The number of nitrogens with zero attached hydrogens (tertiary/aromatic N) is 2. The van der Waals surface area contributed by atoms with Crippen LogP contribution in [0.2, 0.25) is 0 Å². The molecule has 0 saturated carbocycles. The first-order chi connectivity index (χ1) is 15.8. The topological polar surface area (TPSA) is 127 Å². The second-order valence-corrected chi connectivity index (χ2v) is 10.4. The number of hydrogen-bond acceptors (Lipinski definition) is 8. The molecule has 2 N–H and O–H groups in total. The van der Waals surface area contributed by atoms with E-state index in [1.165, 1.54) is 18.4 Å². The third-order valence-corrected chi connectivity index (χ3v) is 7.04. The summed E-state index contributed by atoms with van der Waals surface area (Å²) < 4.78 is 29.6. The quantitative estimate of drug-likeness (QED) is 0.424. The molecule has 0 aliphatic carbocycles. The van der Waals surface area contributed by atoms with Gasteiger partial charge in [-0.25, -0.2) is 8.42 Å². The number of carbonyl (C=O) groups excluding carboxylic acids is 2. The maximum Gasteiger partial charge on any atom is 0.251 e. The van der Waals surface area contributed by atoms with Gasteiger partial charge < -0.3 is 15.4 Å². The maximum absolute atomic E-state index is 12.2. The molecule has 1 heterocycles. The Kier molecular flexibility index (Phi) is 8.50. The van der Waals surface area contributed by atoms with E-state index in [0.717, 1.165) is 0 Å². The van der Waals surface area contributed by atoms with Crippen molar-refractivity contribution < 1.29 is 22.7 Å². The molecule has 0 atom stereocenters. The molecular formula is C22H24N4O5S2. The lowest BCUT2D eigenvalue weighted by Crippen LogP contribution is -2.25. The van der Waals surface area contributed by atoms with E-state index in [1.807, 2.05) is 6.07 Å². The number of anilines is 1. The minimum atomic E-state index is -3.41. The summed E-state index contributed by atoms with van der Waals surface area (Å²) in [6.45, 7) is 0.344. The highest BCUT2D eigenvalue weighted by Gasteiger charge is 2.16. The number of benzene rings is 2. The summed E-state index contributed by atoms with van der Waals surface area (Å²) >= 11 is 1.18. The second-order valence-electron chi connectivity index (χ2n) is 7.11. The molecule has 11 heteroatoms. The van der Waals surface area contributed by atoms with Gasteiger partial charge in [-0.15, -0.1) is 10.2 Å². The Morgan fingerprint density at radius 2 is 1.85 bits per heavy atom. The summed E-state index contributed by atoms with van der Waals surface area (Å²) in [5, 5.41) is 14.2. The van der Waals surface area contributed by atoms with Crippen LogP contribution >= 0.6 is 11.3 Å². The highest BCUT2D eigenvalue weighted by atomic mass is 32.2. The molecule has 0 saturated heterocycles. The van der Waals surface area contributed by atoms with Gasteiger partial charge in [0.15, 0.2) is 9.84 Å². The zero-order chi connectivity index (χ0) is 23.7. The van der Waals surface area contributed by atoms with Crippen LogP contribution in [0.3, 0.4) is 0 Å². The van der Waals surface area contributed by atoms with Crippen molar-refractivity contribution in [1.82, 2.24) is 15.5 Å². The second kappa shape index (κ2) is 11.5. The van der Waals surface area contributed by atoms with E-state index in [4.69, 9.17) is 4.74 Å². The zero-order valence-corrected chi connectivity index (χ0v) is 19.6. The lowest BCUT2D eigenvalue weighted by Gasteiger charge is -2.05. The molecule has 3 aromatic rings. The molecular weight excluding hydrogens is 464 g/mol. The third-order valence-electron chi connectivity index (χ3n) is 4.54. The van der Waals surface area contributed by atoms with Gasteiger partial charge in [-0.1, -0.05) is 47.7 Å². The average Bonchev–Trinajstić information content (AvgIpc) is 3.25. The number of aromatic nitrogens is 2. The number of nitrogens with one attached hydrogen (secondary N) is 2. The molecule has 0 spiro atoms. The Morgan fingerprint density at radius 3 is 2.61 bits per heavy atom. The van der Waals surface area contributed by atoms with Crippen molar-refractivity contribution in [3.63, 3.8) is 0 Å². The van der Waals surface area contributed by atoms with E-state index in [2.05, 4.69) is 20.8 Å². The molecule has 2 amide bonds. The Hall–Kier alpha value is -3.31. The molecule has 33 heavy (non-hydrogen) atoms. The minimum absolute atomic E-state index is 0.106. The normalized spacial score (nSPS) is 11.1. The van der Waals surface area contributed by atoms with Crippen LogP contribution in [0.25, 0.3) is 0 Å². The first-order valence-corrected chi connectivity index (χ1v) is 12.8. The van der Waals surface area contributed by atoms with Gasteiger partial charge in [-0.05, 0) is 23.8 Å². The Labute approximate surface area is 196 Å². The van der Waals surface area contributed by atoms with Crippen LogP contribution in [0, 0.1) is 0 Å². The van der Waals surface area contributed by atoms with Crippen molar-refractivity contribution in [3.8, 4) is 5.75 Å². The fraction of sp³-hybridized carbons (Fsp3) is 0.273.